The first kappa shape index (κ1) is 13.3. The number of nitrogens with zero attached hydrogens (tertiary/aromatic N) is 3. The normalized spacial score (nSPS) is 9.94. The zero-order valence-corrected chi connectivity index (χ0v) is 9.94. The molecule has 0 aliphatic carbocycles. The second-order valence-corrected chi connectivity index (χ2v) is 3.82. The van der Waals surface area contributed by atoms with Crippen molar-refractivity contribution in [1.29, 1.82) is 0 Å². The van der Waals surface area contributed by atoms with Gasteiger partial charge in [0.25, 0.3) is 0 Å². The molecule has 0 unspecified atom stereocenters. The average Bonchev–Trinajstić information content (AvgIpc) is 2.76. The van der Waals surface area contributed by atoms with Crippen LogP contribution in [0.3, 0.4) is 0 Å². The van der Waals surface area contributed by atoms with Crippen molar-refractivity contribution in [3.8, 4) is 0 Å². The minimum absolute atomic E-state index is 0.188. The van der Waals surface area contributed by atoms with Crippen LogP contribution >= 0.6 is 11.3 Å². The van der Waals surface area contributed by atoms with Crippen LogP contribution in [0, 0.1) is 0 Å². The predicted octanol–water partition coefficient (Wildman–Crippen LogP) is 0.103. The van der Waals surface area contributed by atoms with Gasteiger partial charge < -0.3 is 14.7 Å². The Labute approximate surface area is 101 Å². The van der Waals surface area contributed by atoms with Crippen LogP contribution in [0.1, 0.15) is 0 Å². The number of hydrogen-bond acceptors (Lipinski definition) is 6. The van der Waals surface area contributed by atoms with Crippen molar-refractivity contribution in [3.63, 3.8) is 0 Å². The molecular weight excluding hydrogens is 248 g/mol. The Bertz CT molecular complexity index is 370. The third-order valence-electron chi connectivity index (χ3n) is 1.75. The molecular formula is C8H12N4O4S. The molecule has 1 rings (SSSR count). The molecule has 8 nitrogen and oxygen atoms in total. The fourth-order valence-corrected chi connectivity index (χ4v) is 1.45. The lowest BCUT2D eigenvalue weighted by molar-refractivity contribution is -0.137. The summed E-state index contributed by atoms with van der Waals surface area (Å²) in [6.45, 7) is 0.0538. The molecule has 0 saturated carbocycles. The molecule has 1 aromatic heterocycles. The molecule has 0 fully saturated rings. The second-order valence-electron chi connectivity index (χ2n) is 2.98. The summed E-state index contributed by atoms with van der Waals surface area (Å²) in [5, 5.41) is 18.6. The highest BCUT2D eigenvalue weighted by molar-refractivity contribution is 7.13. The lowest BCUT2D eigenvalue weighted by Crippen LogP contribution is -2.40. The number of rotatable bonds is 6. The topological polar surface area (TPSA) is 105 Å². The van der Waals surface area contributed by atoms with E-state index in [1.807, 2.05) is 0 Å². The first-order valence-corrected chi connectivity index (χ1v) is 5.54. The van der Waals surface area contributed by atoms with E-state index in [0.717, 1.165) is 16.2 Å². The van der Waals surface area contributed by atoms with Crippen molar-refractivity contribution in [2.75, 3.05) is 32.1 Å². The quantitative estimate of drug-likeness (QED) is 0.751. The van der Waals surface area contributed by atoms with Crippen LogP contribution in [0.5, 0.6) is 0 Å². The van der Waals surface area contributed by atoms with Crippen LogP contribution in [0.2, 0.25) is 0 Å². The van der Waals surface area contributed by atoms with Gasteiger partial charge in [0, 0.05) is 13.7 Å². The van der Waals surface area contributed by atoms with Crippen LogP contribution in [-0.4, -0.2) is 59.0 Å². The van der Waals surface area contributed by atoms with E-state index in [9.17, 15) is 9.59 Å². The monoisotopic (exact) mass is 260 g/mol. The fraction of sp³-hybridized carbons (Fsp3) is 0.500. The molecule has 0 aliphatic rings. The molecule has 0 radical (unpaired) electrons. The van der Waals surface area contributed by atoms with Crippen LogP contribution in [0.25, 0.3) is 0 Å². The van der Waals surface area contributed by atoms with E-state index in [4.69, 9.17) is 9.84 Å². The smallest absolute Gasteiger partial charge is 0.324 e. The molecule has 1 aromatic rings. The summed E-state index contributed by atoms with van der Waals surface area (Å²) in [6, 6.07) is -0.541. The number of carboxylic acids is 1. The number of amides is 2. The van der Waals surface area contributed by atoms with Gasteiger partial charge in [-0.05, 0) is 0 Å². The molecule has 0 aliphatic heterocycles. The van der Waals surface area contributed by atoms with Crippen LogP contribution in [0.15, 0.2) is 5.51 Å². The largest absolute Gasteiger partial charge is 0.480 e. The number of carboxylic acid groups (broad SMARTS) is 1. The van der Waals surface area contributed by atoms with Gasteiger partial charge in [0.05, 0.1) is 6.61 Å². The summed E-state index contributed by atoms with van der Waals surface area (Å²) >= 11 is 1.15. The van der Waals surface area contributed by atoms with E-state index in [2.05, 4.69) is 15.5 Å². The van der Waals surface area contributed by atoms with Crippen molar-refractivity contribution in [3.05, 3.63) is 5.51 Å². The van der Waals surface area contributed by atoms with E-state index in [1.165, 1.54) is 12.6 Å². The Morgan fingerprint density at radius 3 is 2.94 bits per heavy atom. The Hall–Kier alpha value is -1.74. The maximum atomic E-state index is 11.7. The molecule has 0 atom stereocenters. The van der Waals surface area contributed by atoms with Crippen molar-refractivity contribution in [2.45, 2.75) is 0 Å². The number of hydrogen-bond donors (Lipinski definition) is 2. The number of ether oxygens (including phenoxy) is 1. The van der Waals surface area contributed by atoms with E-state index < -0.39 is 18.5 Å². The highest BCUT2D eigenvalue weighted by Gasteiger charge is 2.17. The van der Waals surface area contributed by atoms with Gasteiger partial charge in [-0.15, -0.1) is 10.2 Å². The summed E-state index contributed by atoms with van der Waals surface area (Å²) < 4.78 is 4.80. The number of carbonyl (C=O) groups excluding carboxylic acids is 1. The van der Waals surface area contributed by atoms with Crippen molar-refractivity contribution < 1.29 is 19.4 Å². The van der Waals surface area contributed by atoms with E-state index in [1.54, 1.807) is 0 Å². The number of carbonyl (C=O) groups is 2. The van der Waals surface area contributed by atoms with Gasteiger partial charge in [-0.3, -0.25) is 10.1 Å². The Kier molecular flexibility index (Phi) is 5.30. The van der Waals surface area contributed by atoms with E-state index >= 15 is 0 Å². The fourth-order valence-electron chi connectivity index (χ4n) is 1.02. The van der Waals surface area contributed by atoms with Gasteiger partial charge in [-0.2, -0.15) is 0 Å². The van der Waals surface area contributed by atoms with Gasteiger partial charge in [0.1, 0.15) is 12.1 Å². The predicted molar refractivity (Wildman–Crippen MR) is 60.0 cm³/mol. The molecule has 94 valence electrons. The number of methoxy groups -OCH3 is 1. The third kappa shape index (κ3) is 4.74. The van der Waals surface area contributed by atoms with Gasteiger partial charge in [0.2, 0.25) is 5.13 Å². The lowest BCUT2D eigenvalue weighted by atomic mass is 10.5. The van der Waals surface area contributed by atoms with E-state index in [0.29, 0.717) is 5.13 Å². The van der Waals surface area contributed by atoms with Gasteiger partial charge in [-0.1, -0.05) is 11.3 Å². The minimum atomic E-state index is -1.09. The van der Waals surface area contributed by atoms with Gasteiger partial charge >= 0.3 is 12.0 Å². The van der Waals surface area contributed by atoms with Gasteiger partial charge in [0.15, 0.2) is 0 Å². The SMILES string of the molecule is COCCN(CC(=O)O)C(=O)Nc1nncs1. The summed E-state index contributed by atoms with van der Waals surface area (Å²) in [5.74, 6) is -1.09. The Morgan fingerprint density at radius 1 is 1.65 bits per heavy atom. The molecule has 0 spiro atoms. The molecule has 0 aromatic carbocycles. The summed E-state index contributed by atoms with van der Waals surface area (Å²) in [6.07, 6.45) is 0. The minimum Gasteiger partial charge on any atom is -0.480 e. The standard InChI is InChI=1S/C8H12N4O4S/c1-16-3-2-12(4-6(13)14)8(15)10-7-11-9-5-17-7/h5H,2-4H2,1H3,(H,13,14)(H,10,11,15). The summed E-state index contributed by atoms with van der Waals surface area (Å²) in [7, 11) is 1.47. The zero-order valence-electron chi connectivity index (χ0n) is 9.12. The first-order valence-electron chi connectivity index (χ1n) is 4.66. The first-order chi connectivity index (χ1) is 8.13. The van der Waals surface area contributed by atoms with Crippen LogP contribution < -0.4 is 5.32 Å². The maximum absolute atomic E-state index is 11.7. The van der Waals surface area contributed by atoms with Gasteiger partial charge in [-0.25, -0.2) is 4.79 Å². The summed E-state index contributed by atoms with van der Waals surface area (Å²) in [5.41, 5.74) is 1.46. The molecule has 17 heavy (non-hydrogen) atoms. The van der Waals surface area contributed by atoms with Crippen molar-refractivity contribution in [2.24, 2.45) is 0 Å². The number of aromatic nitrogens is 2. The van der Waals surface area contributed by atoms with Crippen LogP contribution in [-0.2, 0) is 9.53 Å². The van der Waals surface area contributed by atoms with E-state index in [-0.39, 0.29) is 13.2 Å². The Balaban J connectivity index is 2.55. The molecule has 9 heteroatoms. The number of anilines is 1. The second kappa shape index (κ2) is 6.76. The molecule has 1 heterocycles. The molecule has 0 saturated heterocycles. The molecule has 0 bridgehead atoms. The third-order valence-corrected chi connectivity index (χ3v) is 2.36. The number of aliphatic carboxylic acids is 1. The van der Waals surface area contributed by atoms with Crippen molar-refractivity contribution >= 4 is 28.5 Å². The highest BCUT2D eigenvalue weighted by atomic mass is 32.1. The number of urea groups is 1. The average molecular weight is 260 g/mol. The highest BCUT2D eigenvalue weighted by Crippen LogP contribution is 2.08. The Morgan fingerprint density at radius 2 is 2.41 bits per heavy atom. The zero-order chi connectivity index (χ0) is 12.7. The molecule has 2 amide bonds. The van der Waals surface area contributed by atoms with Crippen molar-refractivity contribution in [1.82, 2.24) is 15.1 Å². The molecule has 2 N–H and O–H groups in total. The van der Waals surface area contributed by atoms with Crippen LogP contribution in [0.4, 0.5) is 9.93 Å². The summed E-state index contributed by atoms with van der Waals surface area (Å²) in [4.78, 5) is 23.4. The lowest BCUT2D eigenvalue weighted by Gasteiger charge is -2.19. The number of nitrogens with one attached hydrogen (secondary N) is 1. The maximum Gasteiger partial charge on any atom is 0.324 e.